The lowest BCUT2D eigenvalue weighted by atomic mass is 10.5. The fourth-order valence-corrected chi connectivity index (χ4v) is 0.895. The van der Waals surface area contributed by atoms with Crippen LogP contribution in [0.4, 0.5) is 0 Å². The maximum absolute atomic E-state index is 4.13. The average molecular weight is 155 g/mol. The molecule has 0 aliphatic carbocycles. The van der Waals surface area contributed by atoms with Crippen LogP contribution >= 0.6 is 11.8 Å². The predicted molar refractivity (Wildman–Crippen MR) is 50.6 cm³/mol. The van der Waals surface area contributed by atoms with E-state index in [1.165, 1.54) is 0 Å². The van der Waals surface area contributed by atoms with E-state index >= 15 is 0 Å². The third kappa shape index (κ3) is 4.39. The zero-order valence-corrected chi connectivity index (χ0v) is 7.48. The van der Waals surface area contributed by atoms with Crippen LogP contribution in [0.25, 0.3) is 0 Å². The Labute approximate surface area is 66.9 Å². The van der Waals surface area contributed by atoms with E-state index in [-0.39, 0.29) is 0 Å². The second-order valence-electron chi connectivity index (χ2n) is 1.62. The van der Waals surface area contributed by atoms with E-state index in [0.29, 0.717) is 0 Å². The largest absolute Gasteiger partial charge is 0.255 e. The van der Waals surface area contributed by atoms with Gasteiger partial charge in [0, 0.05) is 6.21 Å². The van der Waals surface area contributed by atoms with E-state index in [9.17, 15) is 0 Å². The van der Waals surface area contributed by atoms with Crippen molar-refractivity contribution in [2.45, 2.75) is 13.8 Å². The van der Waals surface area contributed by atoms with Crippen molar-refractivity contribution in [2.24, 2.45) is 4.99 Å². The van der Waals surface area contributed by atoms with Crippen LogP contribution in [0.2, 0.25) is 0 Å². The number of thioether (sulfide) groups is 1. The first-order valence-electron chi connectivity index (χ1n) is 3.20. The lowest BCUT2D eigenvalue weighted by Crippen LogP contribution is -1.68. The van der Waals surface area contributed by atoms with Crippen LogP contribution in [-0.2, 0) is 0 Å². The molecule has 0 saturated carbocycles. The molecular formula is C8H13NS. The molecule has 0 aliphatic heterocycles. The molecule has 0 aliphatic rings. The third-order valence-electron chi connectivity index (χ3n) is 0.897. The van der Waals surface area contributed by atoms with Crippen LogP contribution < -0.4 is 0 Å². The first-order chi connectivity index (χ1) is 4.85. The van der Waals surface area contributed by atoms with Crippen LogP contribution in [0.15, 0.2) is 28.2 Å². The maximum Gasteiger partial charge on any atom is 0.0952 e. The second kappa shape index (κ2) is 6.62. The van der Waals surface area contributed by atoms with Crippen LogP contribution in [-0.4, -0.2) is 12.5 Å². The van der Waals surface area contributed by atoms with Crippen molar-refractivity contribution in [3.8, 4) is 0 Å². The SMILES string of the molecule is C\C=C/C=C(\N=C/C)SC. The van der Waals surface area contributed by atoms with Gasteiger partial charge in [-0.3, -0.25) is 4.99 Å². The molecule has 0 N–H and O–H groups in total. The molecule has 0 saturated heterocycles. The quantitative estimate of drug-likeness (QED) is 0.451. The van der Waals surface area contributed by atoms with Gasteiger partial charge in [0.25, 0.3) is 0 Å². The predicted octanol–water partition coefficient (Wildman–Crippen LogP) is 2.86. The standard InChI is InChI=1S/C8H13NS/c1-4-6-7-8(10-3)9-5-2/h4-7H,1-3H3/b6-4-,8-7+,9-5-. The van der Waals surface area contributed by atoms with Gasteiger partial charge < -0.3 is 0 Å². The highest BCUT2D eigenvalue weighted by molar-refractivity contribution is 8.02. The fourth-order valence-electron chi connectivity index (χ4n) is 0.470. The van der Waals surface area contributed by atoms with Crippen LogP contribution in [0.3, 0.4) is 0 Å². The summed E-state index contributed by atoms with van der Waals surface area (Å²) in [4.78, 5) is 4.13. The van der Waals surface area contributed by atoms with Gasteiger partial charge in [0.2, 0.25) is 0 Å². The molecule has 0 aromatic carbocycles. The first-order valence-corrected chi connectivity index (χ1v) is 4.43. The number of rotatable bonds is 3. The summed E-state index contributed by atoms with van der Waals surface area (Å²) in [5.41, 5.74) is 0. The summed E-state index contributed by atoms with van der Waals surface area (Å²) < 4.78 is 0. The summed E-state index contributed by atoms with van der Waals surface area (Å²) in [6.45, 7) is 3.91. The lowest BCUT2D eigenvalue weighted by molar-refractivity contribution is 1.52. The van der Waals surface area contributed by atoms with Crippen molar-refractivity contribution >= 4 is 18.0 Å². The zero-order valence-electron chi connectivity index (χ0n) is 6.66. The normalized spacial score (nSPS) is 13.7. The van der Waals surface area contributed by atoms with Crippen molar-refractivity contribution in [2.75, 3.05) is 6.26 Å². The van der Waals surface area contributed by atoms with Gasteiger partial charge in [0.1, 0.15) is 0 Å². The number of allylic oxidation sites excluding steroid dienone is 3. The van der Waals surface area contributed by atoms with E-state index in [1.54, 1.807) is 18.0 Å². The Morgan fingerprint density at radius 2 is 2.10 bits per heavy atom. The monoisotopic (exact) mass is 155 g/mol. The Bertz CT molecular complexity index is 157. The second-order valence-corrected chi connectivity index (χ2v) is 2.45. The lowest BCUT2D eigenvalue weighted by Gasteiger charge is -1.90. The first kappa shape index (κ1) is 9.50. The molecule has 0 bridgehead atoms. The van der Waals surface area contributed by atoms with Gasteiger partial charge in [-0.05, 0) is 26.2 Å². The molecule has 10 heavy (non-hydrogen) atoms. The highest BCUT2D eigenvalue weighted by Crippen LogP contribution is 2.11. The highest BCUT2D eigenvalue weighted by atomic mass is 32.2. The molecule has 0 aromatic heterocycles. The van der Waals surface area contributed by atoms with Crippen LogP contribution in [0, 0.1) is 0 Å². The number of hydrogen-bond donors (Lipinski definition) is 0. The summed E-state index contributed by atoms with van der Waals surface area (Å²) in [6, 6.07) is 0. The van der Waals surface area contributed by atoms with Crippen molar-refractivity contribution < 1.29 is 0 Å². The number of nitrogens with zero attached hydrogens (tertiary/aromatic N) is 1. The summed E-state index contributed by atoms with van der Waals surface area (Å²) in [5.74, 6) is 0. The van der Waals surface area contributed by atoms with Gasteiger partial charge in [-0.2, -0.15) is 0 Å². The molecule has 0 fully saturated rings. The Kier molecular flexibility index (Phi) is 6.29. The molecule has 0 amide bonds. The third-order valence-corrected chi connectivity index (χ3v) is 1.56. The molecule has 1 nitrogen and oxygen atoms in total. The minimum absolute atomic E-state index is 1.04. The molecule has 0 spiro atoms. The zero-order chi connectivity index (χ0) is 7.82. The fraction of sp³-hybridized carbons (Fsp3) is 0.375. The molecule has 56 valence electrons. The minimum atomic E-state index is 1.04. The van der Waals surface area contributed by atoms with Crippen molar-refractivity contribution in [3.63, 3.8) is 0 Å². The van der Waals surface area contributed by atoms with Crippen molar-refractivity contribution in [3.05, 3.63) is 23.3 Å². The molecular weight excluding hydrogens is 142 g/mol. The Morgan fingerprint density at radius 3 is 2.50 bits per heavy atom. The Hall–Kier alpha value is -0.500. The van der Waals surface area contributed by atoms with Gasteiger partial charge >= 0.3 is 0 Å². The topological polar surface area (TPSA) is 12.4 Å². The summed E-state index contributed by atoms with van der Waals surface area (Å²) in [5, 5.41) is 1.04. The van der Waals surface area contributed by atoms with E-state index in [2.05, 4.69) is 4.99 Å². The highest BCUT2D eigenvalue weighted by Gasteiger charge is 1.83. The van der Waals surface area contributed by atoms with Gasteiger partial charge in [-0.25, -0.2) is 0 Å². The summed E-state index contributed by atoms with van der Waals surface area (Å²) in [6.07, 6.45) is 9.78. The minimum Gasteiger partial charge on any atom is -0.255 e. The van der Waals surface area contributed by atoms with Crippen LogP contribution in [0.5, 0.6) is 0 Å². The maximum atomic E-state index is 4.13. The average Bonchev–Trinajstić information content (AvgIpc) is 1.98. The molecule has 0 rings (SSSR count). The van der Waals surface area contributed by atoms with Crippen LogP contribution in [0.1, 0.15) is 13.8 Å². The smallest absolute Gasteiger partial charge is 0.0952 e. The molecule has 2 heteroatoms. The Morgan fingerprint density at radius 1 is 1.40 bits per heavy atom. The summed E-state index contributed by atoms with van der Waals surface area (Å²) in [7, 11) is 0. The molecule has 0 aromatic rings. The molecule has 0 unspecified atom stereocenters. The number of aliphatic imine (C=N–C) groups is 1. The van der Waals surface area contributed by atoms with Gasteiger partial charge in [0.15, 0.2) is 0 Å². The summed E-state index contributed by atoms with van der Waals surface area (Å²) >= 11 is 1.65. The van der Waals surface area contributed by atoms with Gasteiger partial charge in [0.05, 0.1) is 5.03 Å². The molecule has 0 radical (unpaired) electrons. The molecule has 0 atom stereocenters. The van der Waals surface area contributed by atoms with E-state index in [1.807, 2.05) is 38.3 Å². The number of hydrogen-bond acceptors (Lipinski definition) is 2. The van der Waals surface area contributed by atoms with E-state index < -0.39 is 0 Å². The Balaban J connectivity index is 4.04. The van der Waals surface area contributed by atoms with Crippen molar-refractivity contribution in [1.82, 2.24) is 0 Å². The van der Waals surface area contributed by atoms with E-state index in [4.69, 9.17) is 0 Å². The van der Waals surface area contributed by atoms with E-state index in [0.717, 1.165) is 5.03 Å². The molecule has 0 heterocycles. The van der Waals surface area contributed by atoms with Crippen molar-refractivity contribution in [1.29, 1.82) is 0 Å². The van der Waals surface area contributed by atoms with Gasteiger partial charge in [-0.1, -0.05) is 12.2 Å². The van der Waals surface area contributed by atoms with Gasteiger partial charge in [-0.15, -0.1) is 11.8 Å².